The molecule has 234 valence electrons. The lowest BCUT2D eigenvalue weighted by Gasteiger charge is -2.33. The zero-order chi connectivity index (χ0) is 32.7. The molecule has 3 N–H and O–H groups in total. The molecule has 0 fully saturated rings. The zero-order valence-electron chi connectivity index (χ0n) is 26.6. The maximum Gasteiger partial charge on any atom is 0.313 e. The first kappa shape index (κ1) is 32.5. The number of carbonyl (C=O) groups excluding carboxylic acids is 1. The lowest BCUT2D eigenvalue weighted by atomic mass is 9.86. The summed E-state index contributed by atoms with van der Waals surface area (Å²) >= 11 is 0.988. The molecule has 0 saturated heterocycles. The van der Waals surface area contributed by atoms with Crippen LogP contribution in [0.1, 0.15) is 65.6 Å². The number of carbonyl (C=O) groups is 2. The van der Waals surface area contributed by atoms with E-state index >= 15 is 0 Å². The van der Waals surface area contributed by atoms with E-state index in [0.29, 0.717) is 5.17 Å². The highest BCUT2D eigenvalue weighted by Crippen LogP contribution is 2.33. The maximum atomic E-state index is 12.3. The Labute approximate surface area is 275 Å². The van der Waals surface area contributed by atoms with Gasteiger partial charge in [-0.05, 0) is 96.0 Å². The molecule has 0 spiro atoms. The van der Waals surface area contributed by atoms with Gasteiger partial charge < -0.3 is 10.4 Å². The smallest absolute Gasteiger partial charge is 0.313 e. The Morgan fingerprint density at radius 1 is 0.913 bits per heavy atom. The van der Waals surface area contributed by atoms with Crippen molar-refractivity contribution in [2.24, 2.45) is 4.99 Å². The zero-order valence-corrected chi connectivity index (χ0v) is 27.4. The van der Waals surface area contributed by atoms with E-state index in [0.717, 1.165) is 41.4 Å². The molecule has 5 rings (SSSR count). The predicted molar refractivity (Wildman–Crippen MR) is 192 cm³/mol. The number of nitrogens with one attached hydrogen (secondary N) is 2. The third-order valence-corrected chi connectivity index (χ3v) is 9.01. The van der Waals surface area contributed by atoms with Crippen LogP contribution < -0.4 is 10.6 Å². The summed E-state index contributed by atoms with van der Waals surface area (Å²) in [6, 6.07) is 33.9. The van der Waals surface area contributed by atoms with E-state index in [1.807, 2.05) is 30.3 Å². The van der Waals surface area contributed by atoms with Gasteiger partial charge in [0.05, 0.1) is 11.3 Å². The Bertz CT molecular complexity index is 1810. The first-order chi connectivity index (χ1) is 22.1. The molecule has 4 aromatic carbocycles. The summed E-state index contributed by atoms with van der Waals surface area (Å²) in [6.45, 7) is 8.73. The normalized spacial score (nSPS) is 15.3. The SMILES string of the molecule is CCCC(C)(Nc1ccc(/C=C2\N=C(SCC(=O)O)NC2=O)cc1)c1ccc(/C=C(\c2ccccc2)c2ccc(C)c(C)c2)cc1. The number of thioether (sulfide) groups is 1. The van der Waals surface area contributed by atoms with Crippen molar-refractivity contribution in [1.82, 2.24) is 5.32 Å². The van der Waals surface area contributed by atoms with E-state index in [1.165, 1.54) is 33.4 Å². The maximum absolute atomic E-state index is 12.3. The van der Waals surface area contributed by atoms with E-state index in [2.05, 4.69) is 116 Å². The van der Waals surface area contributed by atoms with Gasteiger partial charge >= 0.3 is 5.97 Å². The second-order valence-electron chi connectivity index (χ2n) is 11.8. The van der Waals surface area contributed by atoms with Crippen LogP contribution in [0, 0.1) is 13.8 Å². The second-order valence-corrected chi connectivity index (χ2v) is 12.7. The van der Waals surface area contributed by atoms with E-state index in [9.17, 15) is 9.59 Å². The van der Waals surface area contributed by atoms with Crippen LogP contribution in [0.5, 0.6) is 0 Å². The number of amides is 1. The molecule has 4 aromatic rings. The van der Waals surface area contributed by atoms with Gasteiger partial charge in [0, 0.05) is 5.69 Å². The molecule has 1 unspecified atom stereocenters. The molecule has 1 heterocycles. The minimum absolute atomic E-state index is 0.162. The molecule has 0 aromatic heterocycles. The van der Waals surface area contributed by atoms with Crippen LogP contribution in [0.15, 0.2) is 108 Å². The van der Waals surface area contributed by atoms with Crippen molar-refractivity contribution in [2.75, 3.05) is 11.1 Å². The molecular weight excluding hydrogens is 591 g/mol. The fourth-order valence-corrected chi connectivity index (χ4v) is 6.13. The monoisotopic (exact) mass is 629 g/mol. The second kappa shape index (κ2) is 14.5. The van der Waals surface area contributed by atoms with Gasteiger partial charge in [0.25, 0.3) is 5.91 Å². The van der Waals surface area contributed by atoms with Gasteiger partial charge in [-0.2, -0.15) is 0 Å². The Morgan fingerprint density at radius 2 is 1.61 bits per heavy atom. The van der Waals surface area contributed by atoms with Crippen LogP contribution in [0.2, 0.25) is 0 Å². The number of amidine groups is 1. The van der Waals surface area contributed by atoms with Crippen LogP contribution in [-0.2, 0) is 15.1 Å². The van der Waals surface area contributed by atoms with Crippen LogP contribution in [0.4, 0.5) is 5.69 Å². The summed E-state index contributed by atoms with van der Waals surface area (Å²) in [4.78, 5) is 27.4. The fraction of sp³-hybridized carbons (Fsp3) is 0.205. The van der Waals surface area contributed by atoms with Crippen molar-refractivity contribution in [2.45, 2.75) is 46.1 Å². The molecule has 46 heavy (non-hydrogen) atoms. The number of carboxylic acids is 1. The van der Waals surface area contributed by atoms with Gasteiger partial charge in [-0.25, -0.2) is 4.99 Å². The number of aryl methyl sites for hydroxylation is 2. The van der Waals surface area contributed by atoms with Crippen LogP contribution in [0.25, 0.3) is 17.7 Å². The number of nitrogens with zero attached hydrogens (tertiary/aromatic N) is 1. The van der Waals surface area contributed by atoms with E-state index in [-0.39, 0.29) is 22.9 Å². The number of rotatable bonds is 11. The Morgan fingerprint density at radius 3 is 2.26 bits per heavy atom. The Balaban J connectivity index is 1.36. The van der Waals surface area contributed by atoms with Crippen molar-refractivity contribution in [3.63, 3.8) is 0 Å². The largest absolute Gasteiger partial charge is 0.481 e. The highest BCUT2D eigenvalue weighted by atomic mass is 32.2. The molecule has 1 amide bonds. The Kier molecular flexibility index (Phi) is 10.2. The molecule has 0 saturated carbocycles. The molecule has 6 nitrogen and oxygen atoms in total. The first-order valence-electron chi connectivity index (χ1n) is 15.4. The van der Waals surface area contributed by atoms with Crippen LogP contribution in [0.3, 0.4) is 0 Å². The summed E-state index contributed by atoms with van der Waals surface area (Å²) in [6.07, 6.45) is 5.92. The van der Waals surface area contributed by atoms with Crippen LogP contribution >= 0.6 is 11.8 Å². The number of hydrogen-bond donors (Lipinski definition) is 3. The summed E-state index contributed by atoms with van der Waals surface area (Å²) < 4.78 is 0. The minimum atomic E-state index is -0.962. The van der Waals surface area contributed by atoms with Gasteiger partial charge in [-0.1, -0.05) is 110 Å². The molecule has 1 aliphatic rings. The van der Waals surface area contributed by atoms with Gasteiger partial charge in [-0.3, -0.25) is 14.9 Å². The molecule has 0 bridgehead atoms. The number of carboxylic acid groups (broad SMARTS) is 1. The summed E-state index contributed by atoms with van der Waals surface area (Å²) in [5.74, 6) is -1.46. The molecular formula is C39H39N3O3S. The van der Waals surface area contributed by atoms with Crippen molar-refractivity contribution >= 4 is 52.2 Å². The van der Waals surface area contributed by atoms with E-state index in [1.54, 1.807) is 6.08 Å². The van der Waals surface area contributed by atoms with Crippen LogP contribution in [-0.4, -0.2) is 27.9 Å². The standard InChI is InChI=1S/C39H39N3O3S/c1-5-21-39(4,42-33-19-14-29(15-20-33)24-35-37(45)41-38(40-35)46-25-36(43)44)32-17-12-28(13-18-32)23-34(30-9-7-6-8-10-30)31-16-11-26(2)27(3)22-31/h6-20,22-24,42H,5,21,25H2,1-4H3,(H,43,44)(H,40,41,45)/b34-23+,35-24-. The number of aliphatic imine (C=N–C) groups is 1. The average Bonchev–Trinajstić information content (AvgIpc) is 3.40. The Hall–Kier alpha value is -4.88. The number of anilines is 1. The summed E-state index contributed by atoms with van der Waals surface area (Å²) in [5.41, 5.74) is 10.2. The third-order valence-electron chi connectivity index (χ3n) is 8.15. The molecule has 0 radical (unpaired) electrons. The van der Waals surface area contributed by atoms with E-state index in [4.69, 9.17) is 5.11 Å². The average molecular weight is 630 g/mol. The van der Waals surface area contributed by atoms with Gasteiger partial charge in [-0.15, -0.1) is 0 Å². The van der Waals surface area contributed by atoms with Gasteiger partial charge in [0.15, 0.2) is 5.17 Å². The highest BCUT2D eigenvalue weighted by molar-refractivity contribution is 8.14. The van der Waals surface area contributed by atoms with E-state index < -0.39 is 5.97 Å². The first-order valence-corrected chi connectivity index (χ1v) is 16.4. The fourth-order valence-electron chi connectivity index (χ4n) is 5.54. The topological polar surface area (TPSA) is 90.8 Å². The lowest BCUT2D eigenvalue weighted by molar-refractivity contribution is -0.133. The predicted octanol–water partition coefficient (Wildman–Crippen LogP) is 8.66. The van der Waals surface area contributed by atoms with Crippen molar-refractivity contribution in [3.8, 4) is 0 Å². The third kappa shape index (κ3) is 8.03. The quantitative estimate of drug-likeness (QED) is 0.114. The van der Waals surface area contributed by atoms with Crippen molar-refractivity contribution < 1.29 is 14.7 Å². The highest BCUT2D eigenvalue weighted by Gasteiger charge is 2.26. The van der Waals surface area contributed by atoms with Crippen molar-refractivity contribution in [3.05, 3.63) is 142 Å². The number of hydrogen-bond acceptors (Lipinski definition) is 5. The summed E-state index contributed by atoms with van der Waals surface area (Å²) in [5, 5.41) is 15.6. The molecule has 0 aliphatic carbocycles. The number of benzene rings is 4. The lowest BCUT2D eigenvalue weighted by Crippen LogP contribution is -2.31. The molecule has 7 heteroatoms. The van der Waals surface area contributed by atoms with Gasteiger partial charge in [0.2, 0.25) is 0 Å². The van der Waals surface area contributed by atoms with Crippen molar-refractivity contribution in [1.29, 1.82) is 0 Å². The molecule has 1 aliphatic heterocycles. The molecule has 1 atom stereocenters. The summed E-state index contributed by atoms with van der Waals surface area (Å²) in [7, 11) is 0. The number of aliphatic carboxylic acids is 1. The van der Waals surface area contributed by atoms with Gasteiger partial charge in [0.1, 0.15) is 5.70 Å². The minimum Gasteiger partial charge on any atom is -0.481 e.